The first-order chi connectivity index (χ1) is 15.2. The molecule has 1 N–H and O–H groups in total. The van der Waals surface area contributed by atoms with E-state index in [-0.39, 0.29) is 5.91 Å². The van der Waals surface area contributed by atoms with E-state index in [0.717, 1.165) is 11.1 Å². The summed E-state index contributed by atoms with van der Waals surface area (Å²) in [6, 6.07) is 38.5. The summed E-state index contributed by atoms with van der Waals surface area (Å²) in [7, 11) is 0. The number of amides is 1. The van der Waals surface area contributed by atoms with Crippen LogP contribution in [0.3, 0.4) is 0 Å². The lowest BCUT2D eigenvalue weighted by molar-refractivity contribution is 0.0951. The van der Waals surface area contributed by atoms with Crippen LogP contribution in [-0.4, -0.2) is 5.91 Å². The van der Waals surface area contributed by atoms with Crippen LogP contribution in [0.5, 0.6) is 0 Å². The van der Waals surface area contributed by atoms with Crippen LogP contribution in [0.15, 0.2) is 115 Å². The van der Waals surface area contributed by atoms with Crippen molar-refractivity contribution >= 4 is 17.1 Å². The smallest absolute Gasteiger partial charge is 0.251 e. The highest BCUT2D eigenvalue weighted by atomic mass is 16.1. The maximum Gasteiger partial charge on any atom is 0.251 e. The number of hydrogen-bond acceptors (Lipinski definition) is 1. The molecule has 0 atom stereocenters. The van der Waals surface area contributed by atoms with Gasteiger partial charge in [-0.05, 0) is 52.5 Å². The van der Waals surface area contributed by atoms with Crippen molar-refractivity contribution in [2.45, 2.75) is 13.5 Å². The molecule has 0 aliphatic carbocycles. The fourth-order valence-corrected chi connectivity index (χ4v) is 3.85. The van der Waals surface area contributed by atoms with Gasteiger partial charge in [0.1, 0.15) is 0 Å². The van der Waals surface area contributed by atoms with Crippen molar-refractivity contribution in [1.82, 2.24) is 5.32 Å². The highest BCUT2D eigenvalue weighted by molar-refractivity contribution is 5.98. The van der Waals surface area contributed by atoms with Gasteiger partial charge in [0.05, 0.1) is 0 Å². The molecule has 0 unspecified atom stereocenters. The average molecular weight is 404 g/mol. The monoisotopic (exact) mass is 403 g/mol. The molecule has 0 fully saturated rings. The van der Waals surface area contributed by atoms with Gasteiger partial charge in [-0.15, -0.1) is 0 Å². The third-order valence-corrected chi connectivity index (χ3v) is 5.40. The zero-order chi connectivity index (χ0) is 21.5. The van der Waals surface area contributed by atoms with Gasteiger partial charge in [0.25, 0.3) is 5.91 Å². The average Bonchev–Trinajstić information content (AvgIpc) is 2.85. The minimum absolute atomic E-state index is 0.0663. The van der Waals surface area contributed by atoms with Crippen LogP contribution in [0.25, 0.3) is 11.1 Å². The van der Waals surface area contributed by atoms with Gasteiger partial charge in [-0.25, -0.2) is 0 Å². The number of benzene rings is 4. The Labute approximate surface area is 183 Å². The predicted molar refractivity (Wildman–Crippen MR) is 129 cm³/mol. The topological polar surface area (TPSA) is 29.1 Å². The number of nitrogens with one attached hydrogen (secondary N) is 1. The van der Waals surface area contributed by atoms with Crippen molar-refractivity contribution < 1.29 is 4.79 Å². The number of hydrogen-bond donors (Lipinski definition) is 1. The molecular formula is C29H25NO. The van der Waals surface area contributed by atoms with Crippen LogP contribution in [0, 0.1) is 0 Å². The van der Waals surface area contributed by atoms with Crippen LogP contribution < -0.4 is 5.32 Å². The van der Waals surface area contributed by atoms with Crippen molar-refractivity contribution in [3.05, 3.63) is 143 Å². The molecule has 1 amide bonds. The summed E-state index contributed by atoms with van der Waals surface area (Å²) < 4.78 is 0. The van der Waals surface area contributed by atoms with E-state index < -0.39 is 0 Å². The van der Waals surface area contributed by atoms with E-state index in [4.69, 9.17) is 0 Å². The van der Waals surface area contributed by atoms with Crippen molar-refractivity contribution in [2.75, 3.05) is 0 Å². The van der Waals surface area contributed by atoms with E-state index in [0.29, 0.717) is 12.1 Å². The third kappa shape index (κ3) is 4.81. The molecule has 0 aliphatic rings. The van der Waals surface area contributed by atoms with Gasteiger partial charge in [-0.2, -0.15) is 0 Å². The first-order valence-electron chi connectivity index (χ1n) is 10.5. The van der Waals surface area contributed by atoms with Gasteiger partial charge in [-0.3, -0.25) is 4.79 Å². The molecule has 0 heterocycles. The number of carbonyl (C=O) groups excluding carboxylic acids is 1. The fourth-order valence-electron chi connectivity index (χ4n) is 3.85. The molecule has 0 radical (unpaired) electrons. The Morgan fingerprint density at radius 1 is 0.613 bits per heavy atom. The van der Waals surface area contributed by atoms with Gasteiger partial charge in [0.15, 0.2) is 0 Å². The van der Waals surface area contributed by atoms with Crippen molar-refractivity contribution in [1.29, 1.82) is 0 Å². The van der Waals surface area contributed by atoms with Crippen LogP contribution >= 0.6 is 0 Å². The summed E-state index contributed by atoms with van der Waals surface area (Å²) >= 11 is 0. The van der Waals surface area contributed by atoms with Gasteiger partial charge in [0.2, 0.25) is 0 Å². The molecule has 4 aromatic carbocycles. The summed E-state index contributed by atoms with van der Waals surface area (Å²) in [4.78, 5) is 12.6. The Kier molecular flexibility index (Phi) is 6.39. The molecule has 4 rings (SSSR count). The van der Waals surface area contributed by atoms with E-state index in [1.165, 1.54) is 22.3 Å². The van der Waals surface area contributed by atoms with Crippen LogP contribution in [-0.2, 0) is 6.54 Å². The molecule has 0 saturated heterocycles. The van der Waals surface area contributed by atoms with Gasteiger partial charge in [0, 0.05) is 12.1 Å². The Bertz CT molecular complexity index is 1140. The summed E-state index contributed by atoms with van der Waals surface area (Å²) in [6.07, 6.45) is 0. The summed E-state index contributed by atoms with van der Waals surface area (Å²) in [5.74, 6) is -0.0663. The number of carbonyl (C=O) groups is 1. The van der Waals surface area contributed by atoms with E-state index in [2.05, 4.69) is 79.0 Å². The minimum atomic E-state index is -0.0663. The fraction of sp³-hybridized carbons (Fsp3) is 0.0690. The first kappa shape index (κ1) is 20.4. The molecule has 2 heteroatoms. The molecular weight excluding hydrogens is 378 g/mol. The number of rotatable bonds is 6. The Morgan fingerprint density at radius 2 is 1.06 bits per heavy atom. The molecule has 0 aromatic heterocycles. The zero-order valence-electron chi connectivity index (χ0n) is 17.6. The standard InChI is InChI=1S/C29H25NO/c1-22(28(23-13-5-2-6-14-23)24-15-7-3-8-16-24)27-20-12-11-19-26(27)21-30-29(31)25-17-9-4-10-18-25/h2-20H,21H2,1H3,(H,30,31). The van der Waals surface area contributed by atoms with Gasteiger partial charge in [-0.1, -0.05) is 103 Å². The third-order valence-electron chi connectivity index (χ3n) is 5.40. The van der Waals surface area contributed by atoms with E-state index in [1.807, 2.05) is 48.5 Å². The van der Waals surface area contributed by atoms with E-state index in [9.17, 15) is 4.79 Å². The molecule has 2 nitrogen and oxygen atoms in total. The molecule has 0 aliphatic heterocycles. The van der Waals surface area contributed by atoms with E-state index in [1.54, 1.807) is 0 Å². The van der Waals surface area contributed by atoms with Crippen LogP contribution in [0.4, 0.5) is 0 Å². The highest BCUT2D eigenvalue weighted by Gasteiger charge is 2.13. The van der Waals surface area contributed by atoms with E-state index >= 15 is 0 Å². The highest BCUT2D eigenvalue weighted by Crippen LogP contribution is 2.33. The summed E-state index contributed by atoms with van der Waals surface area (Å²) in [6.45, 7) is 2.63. The number of allylic oxidation sites excluding steroid dienone is 1. The lowest BCUT2D eigenvalue weighted by Crippen LogP contribution is -2.23. The van der Waals surface area contributed by atoms with Gasteiger partial charge >= 0.3 is 0 Å². The molecule has 0 bridgehead atoms. The first-order valence-corrected chi connectivity index (χ1v) is 10.5. The lowest BCUT2D eigenvalue weighted by Gasteiger charge is -2.17. The molecule has 0 saturated carbocycles. The second-order valence-electron chi connectivity index (χ2n) is 7.44. The Balaban J connectivity index is 1.72. The normalized spacial score (nSPS) is 10.4. The molecule has 0 spiro atoms. The van der Waals surface area contributed by atoms with Gasteiger partial charge < -0.3 is 5.32 Å². The predicted octanol–water partition coefficient (Wildman–Crippen LogP) is 6.60. The second-order valence-corrected chi connectivity index (χ2v) is 7.44. The maximum atomic E-state index is 12.6. The van der Waals surface area contributed by atoms with Crippen LogP contribution in [0.1, 0.15) is 39.5 Å². The molecule has 31 heavy (non-hydrogen) atoms. The summed E-state index contributed by atoms with van der Waals surface area (Å²) in [5, 5.41) is 3.07. The minimum Gasteiger partial charge on any atom is -0.348 e. The largest absolute Gasteiger partial charge is 0.348 e. The zero-order valence-corrected chi connectivity index (χ0v) is 17.6. The quantitative estimate of drug-likeness (QED) is 0.361. The van der Waals surface area contributed by atoms with Crippen molar-refractivity contribution in [3.63, 3.8) is 0 Å². The Hall–Kier alpha value is -3.91. The molecule has 152 valence electrons. The summed E-state index contributed by atoms with van der Waals surface area (Å²) in [5.41, 5.74) is 7.63. The Morgan fingerprint density at radius 3 is 1.61 bits per heavy atom. The van der Waals surface area contributed by atoms with Crippen molar-refractivity contribution in [3.8, 4) is 0 Å². The maximum absolute atomic E-state index is 12.6. The SMILES string of the molecule is CC(=C(c1ccccc1)c1ccccc1)c1ccccc1CNC(=O)c1ccccc1. The lowest BCUT2D eigenvalue weighted by atomic mass is 9.88. The molecule has 4 aromatic rings. The second kappa shape index (κ2) is 9.73. The van der Waals surface area contributed by atoms with Crippen LogP contribution in [0.2, 0.25) is 0 Å². The van der Waals surface area contributed by atoms with Crippen molar-refractivity contribution in [2.24, 2.45) is 0 Å².